The molecule has 2 N–H and O–H groups in total. The van der Waals surface area contributed by atoms with E-state index in [1.807, 2.05) is 28.5 Å². The lowest BCUT2D eigenvalue weighted by Gasteiger charge is -2.31. The van der Waals surface area contributed by atoms with E-state index < -0.39 is 0 Å². The van der Waals surface area contributed by atoms with Gasteiger partial charge in [-0.3, -0.25) is 9.89 Å². The number of nitrogens with one attached hydrogen (secondary N) is 2. The molecule has 1 saturated heterocycles. The number of thiophene rings is 1. The zero-order valence-electron chi connectivity index (χ0n) is 11.1. The van der Waals surface area contributed by atoms with Crippen LogP contribution in [-0.4, -0.2) is 46.7 Å². The molecule has 0 spiro atoms. The van der Waals surface area contributed by atoms with Gasteiger partial charge in [-0.1, -0.05) is 6.07 Å². The lowest BCUT2D eigenvalue weighted by molar-refractivity contribution is 0.0703. The minimum Gasteiger partial charge on any atom is -0.334 e. The molecule has 2 aromatic heterocycles. The van der Waals surface area contributed by atoms with E-state index in [1.54, 1.807) is 11.3 Å². The zero-order valence-corrected chi connectivity index (χ0v) is 12.8. The molecule has 0 radical (unpaired) electrons. The molecule has 0 saturated carbocycles. The standard InChI is InChI=1S/C13H16N4OS.ClH/c1-9-8-17(5-4-14-9)13(18)11-7-10(15-16-11)12-3-2-6-19-12;/h2-3,6-7,9,14H,4-5,8H2,1H3,(H,15,16);1H. The zero-order chi connectivity index (χ0) is 13.2. The van der Waals surface area contributed by atoms with Gasteiger partial charge in [0.1, 0.15) is 0 Å². The first kappa shape index (κ1) is 15.0. The van der Waals surface area contributed by atoms with Crippen LogP contribution in [0.15, 0.2) is 23.6 Å². The summed E-state index contributed by atoms with van der Waals surface area (Å²) in [6.45, 7) is 4.40. The molecule has 3 rings (SSSR count). The fraction of sp³-hybridized carbons (Fsp3) is 0.385. The summed E-state index contributed by atoms with van der Waals surface area (Å²) >= 11 is 1.63. The molecule has 1 aliphatic heterocycles. The van der Waals surface area contributed by atoms with Crippen LogP contribution in [0.4, 0.5) is 0 Å². The SMILES string of the molecule is CC1CN(C(=O)c2cc(-c3cccs3)[nH]n2)CCN1.Cl. The Labute approximate surface area is 127 Å². The molecule has 0 aliphatic carbocycles. The molecule has 5 nitrogen and oxygen atoms in total. The molecule has 0 bridgehead atoms. The minimum absolute atomic E-state index is 0. The number of carbonyl (C=O) groups is 1. The van der Waals surface area contributed by atoms with Crippen molar-refractivity contribution in [2.24, 2.45) is 0 Å². The van der Waals surface area contributed by atoms with E-state index in [2.05, 4.69) is 22.4 Å². The van der Waals surface area contributed by atoms with E-state index in [1.165, 1.54) is 0 Å². The van der Waals surface area contributed by atoms with Crippen molar-refractivity contribution in [1.29, 1.82) is 0 Å². The second-order valence-corrected chi connectivity index (χ2v) is 5.70. The normalized spacial score (nSPS) is 18.6. The number of H-pyrrole nitrogens is 1. The van der Waals surface area contributed by atoms with Crippen LogP contribution in [0.2, 0.25) is 0 Å². The van der Waals surface area contributed by atoms with Crippen molar-refractivity contribution < 1.29 is 4.79 Å². The molecule has 7 heteroatoms. The van der Waals surface area contributed by atoms with E-state index >= 15 is 0 Å². The molecule has 2 aromatic rings. The molecule has 1 atom stereocenters. The first-order chi connectivity index (χ1) is 9.24. The second-order valence-electron chi connectivity index (χ2n) is 4.75. The van der Waals surface area contributed by atoms with E-state index in [9.17, 15) is 4.79 Å². The summed E-state index contributed by atoms with van der Waals surface area (Å²) in [6, 6.07) is 6.17. The molecule has 20 heavy (non-hydrogen) atoms. The van der Waals surface area contributed by atoms with Gasteiger partial charge in [-0.05, 0) is 24.4 Å². The summed E-state index contributed by atoms with van der Waals surface area (Å²) in [4.78, 5) is 15.3. The predicted octanol–water partition coefficient (Wildman–Crippen LogP) is 1.99. The monoisotopic (exact) mass is 312 g/mol. The highest BCUT2D eigenvalue weighted by atomic mass is 35.5. The van der Waals surface area contributed by atoms with Crippen molar-refractivity contribution >= 4 is 29.7 Å². The first-order valence-electron chi connectivity index (χ1n) is 6.36. The Morgan fingerprint density at radius 3 is 3.10 bits per heavy atom. The molecule has 3 heterocycles. The largest absolute Gasteiger partial charge is 0.334 e. The fourth-order valence-corrected chi connectivity index (χ4v) is 2.96. The third kappa shape index (κ3) is 3.03. The van der Waals surface area contributed by atoms with Gasteiger partial charge < -0.3 is 10.2 Å². The number of nitrogens with zero attached hydrogens (tertiary/aromatic N) is 2. The fourth-order valence-electron chi connectivity index (χ4n) is 2.27. The number of hydrogen-bond donors (Lipinski definition) is 2. The maximum Gasteiger partial charge on any atom is 0.274 e. The van der Waals surface area contributed by atoms with E-state index in [0.717, 1.165) is 30.2 Å². The Bertz CT molecular complexity index is 569. The van der Waals surface area contributed by atoms with Crippen LogP contribution >= 0.6 is 23.7 Å². The number of aromatic nitrogens is 2. The molecule has 0 aromatic carbocycles. The van der Waals surface area contributed by atoms with Crippen molar-refractivity contribution in [3.05, 3.63) is 29.3 Å². The summed E-state index contributed by atoms with van der Waals surface area (Å²) in [7, 11) is 0. The lowest BCUT2D eigenvalue weighted by atomic mass is 10.2. The van der Waals surface area contributed by atoms with Crippen LogP contribution in [0, 0.1) is 0 Å². The van der Waals surface area contributed by atoms with Gasteiger partial charge in [0.2, 0.25) is 0 Å². The Morgan fingerprint density at radius 1 is 1.55 bits per heavy atom. The summed E-state index contributed by atoms with van der Waals surface area (Å²) in [5, 5.41) is 12.4. The first-order valence-corrected chi connectivity index (χ1v) is 7.24. The van der Waals surface area contributed by atoms with E-state index in [4.69, 9.17) is 0 Å². The van der Waals surface area contributed by atoms with Crippen molar-refractivity contribution in [3.63, 3.8) is 0 Å². The third-order valence-corrected chi connectivity index (χ3v) is 4.14. The third-order valence-electron chi connectivity index (χ3n) is 3.24. The van der Waals surface area contributed by atoms with Gasteiger partial charge in [0.25, 0.3) is 5.91 Å². The van der Waals surface area contributed by atoms with Crippen LogP contribution in [-0.2, 0) is 0 Å². The highest BCUT2D eigenvalue weighted by molar-refractivity contribution is 7.13. The summed E-state index contributed by atoms with van der Waals surface area (Å²) < 4.78 is 0. The predicted molar refractivity (Wildman–Crippen MR) is 82.5 cm³/mol. The van der Waals surface area contributed by atoms with Crippen LogP contribution in [0.25, 0.3) is 10.6 Å². The van der Waals surface area contributed by atoms with Gasteiger partial charge in [0.05, 0.1) is 10.6 Å². The van der Waals surface area contributed by atoms with Gasteiger partial charge in [-0.2, -0.15) is 5.10 Å². The van der Waals surface area contributed by atoms with Gasteiger partial charge in [-0.25, -0.2) is 0 Å². The van der Waals surface area contributed by atoms with Crippen LogP contribution in [0.5, 0.6) is 0 Å². The highest BCUT2D eigenvalue weighted by Crippen LogP contribution is 2.23. The number of carbonyl (C=O) groups excluding carboxylic acids is 1. The number of piperazine rings is 1. The molecule has 1 aliphatic rings. The van der Waals surface area contributed by atoms with Gasteiger partial charge in [0.15, 0.2) is 5.69 Å². The minimum atomic E-state index is 0. The molecular formula is C13H17ClN4OS. The quantitative estimate of drug-likeness (QED) is 0.891. The number of halogens is 1. The van der Waals surface area contributed by atoms with Crippen molar-refractivity contribution in [1.82, 2.24) is 20.4 Å². The number of hydrogen-bond acceptors (Lipinski definition) is 4. The van der Waals surface area contributed by atoms with Gasteiger partial charge in [0, 0.05) is 25.7 Å². The maximum absolute atomic E-state index is 12.3. The topological polar surface area (TPSA) is 61.0 Å². The molecule has 108 valence electrons. The van der Waals surface area contributed by atoms with Crippen LogP contribution < -0.4 is 5.32 Å². The Balaban J connectivity index is 0.00000147. The summed E-state index contributed by atoms with van der Waals surface area (Å²) in [6.07, 6.45) is 0. The molecule has 1 unspecified atom stereocenters. The summed E-state index contributed by atoms with van der Waals surface area (Å²) in [5.74, 6) is 0.00686. The van der Waals surface area contributed by atoms with Crippen LogP contribution in [0.3, 0.4) is 0 Å². The average molecular weight is 313 g/mol. The smallest absolute Gasteiger partial charge is 0.274 e. The highest BCUT2D eigenvalue weighted by Gasteiger charge is 2.23. The number of aromatic amines is 1. The van der Waals surface area contributed by atoms with Crippen LogP contribution in [0.1, 0.15) is 17.4 Å². The van der Waals surface area contributed by atoms with Crippen molar-refractivity contribution in [2.75, 3.05) is 19.6 Å². The lowest BCUT2D eigenvalue weighted by Crippen LogP contribution is -2.51. The number of amides is 1. The van der Waals surface area contributed by atoms with E-state index in [-0.39, 0.29) is 18.3 Å². The summed E-state index contributed by atoms with van der Waals surface area (Å²) in [5.41, 5.74) is 1.40. The molecule has 1 amide bonds. The average Bonchev–Trinajstić information content (AvgIpc) is 3.08. The van der Waals surface area contributed by atoms with Crippen molar-refractivity contribution in [3.8, 4) is 10.6 Å². The maximum atomic E-state index is 12.3. The van der Waals surface area contributed by atoms with Gasteiger partial charge in [-0.15, -0.1) is 23.7 Å². The second kappa shape index (κ2) is 6.39. The van der Waals surface area contributed by atoms with Gasteiger partial charge >= 0.3 is 0 Å². The Hall–Kier alpha value is -1.37. The van der Waals surface area contributed by atoms with Crippen molar-refractivity contribution in [2.45, 2.75) is 13.0 Å². The Kier molecular flexibility index (Phi) is 4.80. The van der Waals surface area contributed by atoms with E-state index in [0.29, 0.717) is 11.7 Å². The Morgan fingerprint density at radius 2 is 2.40 bits per heavy atom. The molecule has 1 fully saturated rings. The molecular weight excluding hydrogens is 296 g/mol. The number of rotatable bonds is 2.